The molecular formula is C16H8Cl2FN3O. The number of anilines is 1. The minimum atomic E-state index is -0.679. The molecule has 1 aromatic heterocycles. The van der Waals surface area contributed by atoms with Crippen LogP contribution in [-0.2, 0) is 0 Å². The first-order valence-electron chi connectivity index (χ1n) is 6.43. The molecule has 0 saturated heterocycles. The molecule has 0 amide bonds. The summed E-state index contributed by atoms with van der Waals surface area (Å²) in [6, 6.07) is 10.4. The lowest BCUT2D eigenvalue weighted by molar-refractivity contribution is 0.627. The van der Waals surface area contributed by atoms with Crippen LogP contribution in [0.3, 0.4) is 0 Å². The van der Waals surface area contributed by atoms with E-state index in [2.05, 4.69) is 0 Å². The van der Waals surface area contributed by atoms with Gasteiger partial charge in [0.05, 0.1) is 21.9 Å². The lowest BCUT2D eigenvalue weighted by atomic mass is 10.1. The molecule has 7 heteroatoms. The third-order valence-corrected chi connectivity index (χ3v) is 3.99. The Hall–Kier alpha value is -2.55. The number of pyridine rings is 1. The van der Waals surface area contributed by atoms with E-state index in [1.807, 2.05) is 0 Å². The summed E-state index contributed by atoms with van der Waals surface area (Å²) in [6.07, 6.45) is 0. The van der Waals surface area contributed by atoms with E-state index in [4.69, 9.17) is 28.9 Å². The Morgan fingerprint density at radius 3 is 2.57 bits per heavy atom. The first-order valence-corrected chi connectivity index (χ1v) is 7.19. The van der Waals surface area contributed by atoms with Gasteiger partial charge in [-0.15, -0.1) is 0 Å². The van der Waals surface area contributed by atoms with Gasteiger partial charge in [-0.05, 0) is 36.4 Å². The van der Waals surface area contributed by atoms with Crippen LogP contribution in [0, 0.1) is 17.1 Å². The maximum atomic E-state index is 13.8. The molecule has 2 aromatic carbocycles. The third-order valence-electron chi connectivity index (χ3n) is 3.45. The fraction of sp³-hybridized carbons (Fsp3) is 0. The first-order chi connectivity index (χ1) is 10.9. The van der Waals surface area contributed by atoms with Crippen LogP contribution < -0.4 is 11.3 Å². The number of nitrogens with zero attached hydrogens (tertiary/aromatic N) is 2. The Balaban J connectivity index is 2.53. The number of nitrogens with two attached hydrogens (primary N) is 1. The van der Waals surface area contributed by atoms with Gasteiger partial charge in [0.1, 0.15) is 17.4 Å². The summed E-state index contributed by atoms with van der Waals surface area (Å²) in [4.78, 5) is 12.6. The van der Waals surface area contributed by atoms with E-state index < -0.39 is 11.4 Å². The van der Waals surface area contributed by atoms with Gasteiger partial charge in [0, 0.05) is 10.4 Å². The van der Waals surface area contributed by atoms with Crippen molar-refractivity contribution in [3.8, 4) is 11.8 Å². The molecule has 0 unspecified atom stereocenters. The monoisotopic (exact) mass is 347 g/mol. The van der Waals surface area contributed by atoms with E-state index >= 15 is 0 Å². The molecule has 3 rings (SSSR count). The standard InChI is InChI=1S/C16H8Cl2FN3O/c17-8-1-3-10-14(5-8)22(16(23)11(7-20)15(10)21)9-2-4-12(18)13(19)6-9/h1-6H,21H2. The van der Waals surface area contributed by atoms with Gasteiger partial charge >= 0.3 is 0 Å². The normalized spacial score (nSPS) is 10.7. The number of benzene rings is 2. The van der Waals surface area contributed by atoms with Crippen molar-refractivity contribution in [2.24, 2.45) is 0 Å². The highest BCUT2D eigenvalue weighted by molar-refractivity contribution is 6.31. The lowest BCUT2D eigenvalue weighted by Crippen LogP contribution is -2.23. The van der Waals surface area contributed by atoms with Gasteiger partial charge in [0.2, 0.25) is 0 Å². The Morgan fingerprint density at radius 1 is 1.17 bits per heavy atom. The van der Waals surface area contributed by atoms with Crippen molar-refractivity contribution in [1.82, 2.24) is 4.57 Å². The molecule has 2 N–H and O–H groups in total. The maximum Gasteiger partial charge on any atom is 0.275 e. The molecule has 114 valence electrons. The Kier molecular flexibility index (Phi) is 3.72. The number of fused-ring (bicyclic) bond motifs is 1. The predicted molar refractivity (Wildman–Crippen MR) is 88.7 cm³/mol. The van der Waals surface area contributed by atoms with Crippen LogP contribution in [0.5, 0.6) is 0 Å². The van der Waals surface area contributed by atoms with Gasteiger partial charge in [-0.3, -0.25) is 9.36 Å². The molecule has 1 heterocycles. The highest BCUT2D eigenvalue weighted by Gasteiger charge is 2.17. The summed E-state index contributed by atoms with van der Waals surface area (Å²) in [5.41, 5.74) is 5.71. The predicted octanol–water partition coefficient (Wildman–Crippen LogP) is 3.89. The molecule has 3 aromatic rings. The molecule has 23 heavy (non-hydrogen) atoms. The highest BCUT2D eigenvalue weighted by Crippen LogP contribution is 2.28. The van der Waals surface area contributed by atoms with Crippen LogP contribution in [-0.4, -0.2) is 4.57 Å². The second kappa shape index (κ2) is 5.58. The fourth-order valence-electron chi connectivity index (χ4n) is 2.38. The number of halogens is 3. The second-order valence-electron chi connectivity index (χ2n) is 4.80. The molecule has 0 radical (unpaired) electrons. The third kappa shape index (κ3) is 2.42. The van der Waals surface area contributed by atoms with Gasteiger partial charge in [0.25, 0.3) is 5.56 Å². The van der Waals surface area contributed by atoms with E-state index in [0.717, 1.165) is 6.07 Å². The maximum absolute atomic E-state index is 13.8. The number of aromatic nitrogens is 1. The molecule has 0 spiro atoms. The molecule has 0 fully saturated rings. The Labute approximate surface area is 140 Å². The zero-order valence-electron chi connectivity index (χ0n) is 11.5. The highest BCUT2D eigenvalue weighted by atomic mass is 35.5. The van der Waals surface area contributed by atoms with Crippen LogP contribution in [0.2, 0.25) is 10.0 Å². The van der Waals surface area contributed by atoms with Crippen LogP contribution in [0.1, 0.15) is 5.56 Å². The minimum absolute atomic E-state index is 0.0647. The van der Waals surface area contributed by atoms with Crippen LogP contribution in [0.15, 0.2) is 41.2 Å². The molecule has 0 bridgehead atoms. The van der Waals surface area contributed by atoms with E-state index in [0.29, 0.717) is 15.9 Å². The van der Waals surface area contributed by atoms with Crippen LogP contribution in [0.4, 0.5) is 10.1 Å². The molecule has 4 nitrogen and oxygen atoms in total. The van der Waals surface area contributed by atoms with Gasteiger partial charge in [-0.2, -0.15) is 5.26 Å². The van der Waals surface area contributed by atoms with Crippen molar-refractivity contribution in [3.05, 3.63) is 68.2 Å². The smallest absolute Gasteiger partial charge is 0.275 e. The fourth-order valence-corrected chi connectivity index (χ4v) is 2.66. The summed E-state index contributed by atoms with van der Waals surface area (Å²) in [7, 11) is 0. The van der Waals surface area contributed by atoms with E-state index in [-0.39, 0.29) is 22.0 Å². The largest absolute Gasteiger partial charge is 0.397 e. The number of hydrogen-bond donors (Lipinski definition) is 1. The molecule has 0 aliphatic carbocycles. The van der Waals surface area contributed by atoms with E-state index in [1.165, 1.54) is 22.8 Å². The summed E-state index contributed by atoms with van der Waals surface area (Å²) in [6.45, 7) is 0. The molecule has 0 aliphatic heterocycles. The average molecular weight is 348 g/mol. The van der Waals surface area contributed by atoms with Crippen molar-refractivity contribution >= 4 is 39.8 Å². The molecular weight excluding hydrogens is 340 g/mol. The number of nitriles is 1. The Bertz CT molecular complexity index is 1050. The zero-order valence-corrected chi connectivity index (χ0v) is 13.0. The molecule has 0 saturated carbocycles. The SMILES string of the molecule is N#Cc1c(N)c2ccc(Cl)cc2n(-c2ccc(Cl)c(F)c2)c1=O. The number of nitrogen functional groups attached to an aromatic ring is 1. The van der Waals surface area contributed by atoms with E-state index in [1.54, 1.807) is 18.2 Å². The van der Waals surface area contributed by atoms with Crippen molar-refractivity contribution in [2.45, 2.75) is 0 Å². The summed E-state index contributed by atoms with van der Waals surface area (Å²) >= 11 is 11.7. The molecule has 0 aliphatic rings. The van der Waals surface area contributed by atoms with Gasteiger partial charge < -0.3 is 5.73 Å². The lowest BCUT2D eigenvalue weighted by Gasteiger charge is -2.14. The van der Waals surface area contributed by atoms with Crippen molar-refractivity contribution < 1.29 is 4.39 Å². The first kappa shape index (κ1) is 15.3. The van der Waals surface area contributed by atoms with Gasteiger partial charge in [-0.1, -0.05) is 23.2 Å². The van der Waals surface area contributed by atoms with E-state index in [9.17, 15) is 14.4 Å². The summed E-state index contributed by atoms with van der Waals surface area (Å²) in [5, 5.41) is 10.0. The van der Waals surface area contributed by atoms with Crippen molar-refractivity contribution in [1.29, 1.82) is 5.26 Å². The quantitative estimate of drug-likeness (QED) is 0.725. The number of rotatable bonds is 1. The molecule has 0 atom stereocenters. The minimum Gasteiger partial charge on any atom is -0.397 e. The van der Waals surface area contributed by atoms with Gasteiger partial charge in [0.15, 0.2) is 0 Å². The van der Waals surface area contributed by atoms with Crippen molar-refractivity contribution in [2.75, 3.05) is 5.73 Å². The summed E-state index contributed by atoms with van der Waals surface area (Å²) in [5.74, 6) is -0.679. The van der Waals surface area contributed by atoms with Gasteiger partial charge in [-0.25, -0.2) is 4.39 Å². The Morgan fingerprint density at radius 2 is 1.91 bits per heavy atom. The second-order valence-corrected chi connectivity index (χ2v) is 5.64. The van der Waals surface area contributed by atoms with Crippen LogP contribution >= 0.6 is 23.2 Å². The van der Waals surface area contributed by atoms with Crippen LogP contribution in [0.25, 0.3) is 16.6 Å². The zero-order chi connectivity index (χ0) is 16.7. The topological polar surface area (TPSA) is 71.8 Å². The van der Waals surface area contributed by atoms with Crippen molar-refractivity contribution in [3.63, 3.8) is 0 Å². The summed E-state index contributed by atoms with van der Waals surface area (Å²) < 4.78 is 15.0. The number of hydrogen-bond acceptors (Lipinski definition) is 3. The average Bonchev–Trinajstić information content (AvgIpc) is 2.51.